The van der Waals surface area contributed by atoms with E-state index < -0.39 is 29.7 Å². The van der Waals surface area contributed by atoms with Crippen molar-refractivity contribution in [3.8, 4) is 0 Å². The van der Waals surface area contributed by atoms with Gasteiger partial charge >= 0.3 is 11.7 Å². The number of ether oxygens (including phenoxy) is 1. The smallest absolute Gasteiger partial charge is 0.339 e. The summed E-state index contributed by atoms with van der Waals surface area (Å²) in [6, 6.07) is 8.71. The number of benzene rings is 1. The largest absolute Gasteiger partial charge is 0.462 e. The summed E-state index contributed by atoms with van der Waals surface area (Å²) in [5.41, 5.74) is 0.714. The number of carbonyl (C=O) groups excluding carboxylic acids is 2. The van der Waals surface area contributed by atoms with Crippen molar-refractivity contribution in [3.05, 3.63) is 68.0 Å². The first-order valence-electron chi connectivity index (χ1n) is 9.93. The van der Waals surface area contributed by atoms with Crippen molar-refractivity contribution in [2.24, 2.45) is 7.05 Å². The molecule has 3 rings (SSSR count). The summed E-state index contributed by atoms with van der Waals surface area (Å²) in [7, 11) is 1.43. The molecule has 0 saturated carbocycles. The molecular formula is C22H24N4O5. The highest BCUT2D eigenvalue weighted by atomic mass is 16.5. The number of anilines is 1. The number of carbonyl (C=O) groups is 2. The highest BCUT2D eigenvalue weighted by Crippen LogP contribution is 2.15. The normalized spacial score (nSPS) is 10.8. The fourth-order valence-corrected chi connectivity index (χ4v) is 3.28. The van der Waals surface area contributed by atoms with Crippen molar-refractivity contribution < 1.29 is 14.3 Å². The van der Waals surface area contributed by atoms with Crippen molar-refractivity contribution >= 4 is 28.6 Å². The number of nitrogens with zero attached hydrogens (tertiary/aromatic N) is 3. The van der Waals surface area contributed by atoms with Crippen LogP contribution < -0.4 is 16.6 Å². The number of pyridine rings is 1. The van der Waals surface area contributed by atoms with E-state index in [1.807, 2.05) is 19.1 Å². The monoisotopic (exact) mass is 424 g/mol. The van der Waals surface area contributed by atoms with E-state index in [0.717, 1.165) is 21.1 Å². The van der Waals surface area contributed by atoms with Gasteiger partial charge in [0.05, 0.1) is 17.6 Å². The molecule has 0 saturated heterocycles. The molecule has 0 atom stereocenters. The Bertz CT molecular complexity index is 1270. The van der Waals surface area contributed by atoms with Gasteiger partial charge in [-0.05, 0) is 44.0 Å². The molecule has 0 aliphatic rings. The Labute approximate surface area is 178 Å². The molecule has 0 bridgehead atoms. The van der Waals surface area contributed by atoms with E-state index in [2.05, 4.69) is 10.3 Å². The second kappa shape index (κ2) is 8.95. The molecule has 31 heavy (non-hydrogen) atoms. The quantitative estimate of drug-likeness (QED) is 0.604. The third-order valence-corrected chi connectivity index (χ3v) is 4.87. The number of aryl methyl sites for hydroxylation is 3. The Morgan fingerprint density at radius 1 is 1.13 bits per heavy atom. The maximum absolute atomic E-state index is 13.1. The second-order valence-corrected chi connectivity index (χ2v) is 7.06. The standard InChI is InChI=1S/C22H24N4O5/c1-5-14-7-9-15(10-8-14)24-17(27)12-26-20(28)18-16(21(29)31-6-2)11-13(3)23-19(18)25(4)22(26)30/h7-11H,5-6,12H2,1-4H3,(H,24,27). The minimum atomic E-state index is -0.773. The summed E-state index contributed by atoms with van der Waals surface area (Å²) in [5, 5.41) is 2.61. The average molecular weight is 424 g/mol. The lowest BCUT2D eigenvalue weighted by atomic mass is 10.1. The molecule has 9 heteroatoms. The van der Waals surface area contributed by atoms with Crippen molar-refractivity contribution in [1.82, 2.24) is 14.1 Å². The van der Waals surface area contributed by atoms with Gasteiger partial charge in [-0.15, -0.1) is 0 Å². The van der Waals surface area contributed by atoms with E-state index in [1.165, 1.54) is 13.1 Å². The molecule has 0 radical (unpaired) electrons. The third kappa shape index (κ3) is 4.40. The Morgan fingerprint density at radius 2 is 1.81 bits per heavy atom. The lowest BCUT2D eigenvalue weighted by Crippen LogP contribution is -2.42. The number of rotatable bonds is 6. The average Bonchev–Trinajstić information content (AvgIpc) is 2.75. The van der Waals surface area contributed by atoms with Crippen LogP contribution in [0, 0.1) is 6.92 Å². The van der Waals surface area contributed by atoms with Gasteiger partial charge < -0.3 is 10.1 Å². The minimum absolute atomic E-state index is 0.00858. The number of nitrogens with one attached hydrogen (secondary N) is 1. The van der Waals surface area contributed by atoms with E-state index in [1.54, 1.807) is 26.0 Å². The zero-order chi connectivity index (χ0) is 22.7. The van der Waals surface area contributed by atoms with Crippen LogP contribution in [-0.4, -0.2) is 32.6 Å². The van der Waals surface area contributed by atoms with Gasteiger partial charge in [-0.2, -0.15) is 0 Å². The molecule has 9 nitrogen and oxygen atoms in total. The Balaban J connectivity index is 2.06. The van der Waals surface area contributed by atoms with Crippen LogP contribution in [0.15, 0.2) is 39.9 Å². The van der Waals surface area contributed by atoms with Crippen LogP contribution >= 0.6 is 0 Å². The molecule has 162 valence electrons. The SMILES string of the molecule is CCOC(=O)c1cc(C)nc2c1c(=O)n(CC(=O)Nc1ccc(CC)cc1)c(=O)n2C. The molecule has 1 N–H and O–H groups in total. The van der Waals surface area contributed by atoms with Gasteiger partial charge in [0.25, 0.3) is 5.56 Å². The molecule has 0 spiro atoms. The maximum Gasteiger partial charge on any atom is 0.339 e. The van der Waals surface area contributed by atoms with Crippen molar-refractivity contribution in [3.63, 3.8) is 0 Å². The second-order valence-electron chi connectivity index (χ2n) is 7.06. The highest BCUT2D eigenvalue weighted by molar-refractivity contribution is 6.02. The number of amides is 1. The summed E-state index contributed by atoms with van der Waals surface area (Å²) in [5.74, 6) is -1.23. The maximum atomic E-state index is 13.1. The summed E-state index contributed by atoms with van der Waals surface area (Å²) in [4.78, 5) is 55.1. The minimum Gasteiger partial charge on any atom is -0.462 e. The van der Waals surface area contributed by atoms with Crippen LogP contribution in [0.3, 0.4) is 0 Å². The van der Waals surface area contributed by atoms with Crippen LogP contribution in [-0.2, 0) is 29.5 Å². The summed E-state index contributed by atoms with van der Waals surface area (Å²) < 4.78 is 6.99. The molecule has 0 fully saturated rings. The van der Waals surface area contributed by atoms with E-state index in [0.29, 0.717) is 11.4 Å². The van der Waals surface area contributed by atoms with E-state index in [9.17, 15) is 19.2 Å². The Morgan fingerprint density at radius 3 is 2.42 bits per heavy atom. The lowest BCUT2D eigenvalue weighted by Gasteiger charge is -2.13. The molecule has 1 aromatic carbocycles. The van der Waals surface area contributed by atoms with Crippen molar-refractivity contribution in [2.45, 2.75) is 33.7 Å². The highest BCUT2D eigenvalue weighted by Gasteiger charge is 2.22. The van der Waals surface area contributed by atoms with E-state index >= 15 is 0 Å². The number of hydrogen-bond acceptors (Lipinski definition) is 6. The number of fused-ring (bicyclic) bond motifs is 1. The molecule has 3 aromatic rings. The fourth-order valence-electron chi connectivity index (χ4n) is 3.28. The van der Waals surface area contributed by atoms with Crippen LogP contribution in [0.2, 0.25) is 0 Å². The van der Waals surface area contributed by atoms with Crippen molar-refractivity contribution in [1.29, 1.82) is 0 Å². The fraction of sp³-hybridized carbons (Fsp3) is 0.318. The van der Waals surface area contributed by atoms with Crippen molar-refractivity contribution in [2.75, 3.05) is 11.9 Å². The number of aromatic nitrogens is 3. The van der Waals surface area contributed by atoms with Crippen LogP contribution in [0.5, 0.6) is 0 Å². The van der Waals surface area contributed by atoms with Gasteiger partial charge in [0.1, 0.15) is 12.2 Å². The lowest BCUT2D eigenvalue weighted by molar-refractivity contribution is -0.116. The van der Waals surface area contributed by atoms with Crippen LogP contribution in [0.4, 0.5) is 5.69 Å². The molecular weight excluding hydrogens is 400 g/mol. The molecule has 0 unspecified atom stereocenters. The number of hydrogen-bond donors (Lipinski definition) is 1. The van der Waals surface area contributed by atoms with E-state index in [-0.39, 0.29) is 23.2 Å². The summed E-state index contributed by atoms with van der Waals surface area (Å²) in [6.45, 7) is 4.94. The van der Waals surface area contributed by atoms with Crippen LogP contribution in [0.1, 0.15) is 35.5 Å². The molecule has 0 aliphatic heterocycles. The van der Waals surface area contributed by atoms with Gasteiger partial charge in [-0.1, -0.05) is 19.1 Å². The zero-order valence-electron chi connectivity index (χ0n) is 17.9. The first-order valence-corrected chi connectivity index (χ1v) is 9.93. The first-order chi connectivity index (χ1) is 14.8. The third-order valence-electron chi connectivity index (χ3n) is 4.87. The van der Waals surface area contributed by atoms with Crippen LogP contribution in [0.25, 0.3) is 11.0 Å². The van der Waals surface area contributed by atoms with E-state index in [4.69, 9.17) is 4.74 Å². The summed E-state index contributed by atoms with van der Waals surface area (Å²) in [6.07, 6.45) is 0.868. The Hall–Kier alpha value is -3.75. The molecule has 0 aliphatic carbocycles. The first kappa shape index (κ1) is 21.9. The van der Waals surface area contributed by atoms with Gasteiger partial charge in [0.2, 0.25) is 5.91 Å². The molecule has 2 heterocycles. The van der Waals surface area contributed by atoms with Gasteiger partial charge in [0.15, 0.2) is 0 Å². The predicted octanol–water partition coefficient (Wildman–Crippen LogP) is 1.78. The molecule has 2 aromatic heterocycles. The van der Waals surface area contributed by atoms with Gasteiger partial charge in [-0.25, -0.2) is 14.6 Å². The van der Waals surface area contributed by atoms with Gasteiger partial charge in [0, 0.05) is 18.4 Å². The Kier molecular flexibility index (Phi) is 6.33. The van der Waals surface area contributed by atoms with Gasteiger partial charge in [-0.3, -0.25) is 18.7 Å². The zero-order valence-corrected chi connectivity index (χ0v) is 17.9. The number of esters is 1. The molecule has 1 amide bonds. The predicted molar refractivity (Wildman–Crippen MR) is 116 cm³/mol. The topological polar surface area (TPSA) is 112 Å². The summed E-state index contributed by atoms with van der Waals surface area (Å²) >= 11 is 0.